The third-order valence-electron chi connectivity index (χ3n) is 2.85. The zero-order valence-corrected chi connectivity index (χ0v) is 12.7. The largest absolute Gasteiger partial charge is 0.397 e. The van der Waals surface area contributed by atoms with E-state index < -0.39 is 0 Å². The average Bonchev–Trinajstić information content (AvgIpc) is 2.29. The van der Waals surface area contributed by atoms with Crippen LogP contribution in [0.15, 0.2) is 12.1 Å². The molecule has 1 aromatic rings. The van der Waals surface area contributed by atoms with Crippen LogP contribution in [-0.2, 0) is 0 Å². The molecule has 0 heterocycles. The van der Waals surface area contributed by atoms with Crippen molar-refractivity contribution in [1.29, 1.82) is 0 Å². The molecule has 0 aromatic heterocycles. The van der Waals surface area contributed by atoms with E-state index in [1.165, 1.54) is 0 Å². The molecule has 1 atom stereocenters. The van der Waals surface area contributed by atoms with Gasteiger partial charge in [0.25, 0.3) is 0 Å². The number of thioether (sulfide) groups is 1. The van der Waals surface area contributed by atoms with E-state index in [0.29, 0.717) is 21.8 Å². The van der Waals surface area contributed by atoms with Gasteiger partial charge in [0, 0.05) is 13.1 Å². The van der Waals surface area contributed by atoms with Crippen molar-refractivity contribution < 1.29 is 0 Å². The molecule has 2 nitrogen and oxygen atoms in total. The Kier molecular flexibility index (Phi) is 5.77. The summed E-state index contributed by atoms with van der Waals surface area (Å²) in [5, 5.41) is 1.04. The summed E-state index contributed by atoms with van der Waals surface area (Å²) in [6.07, 6.45) is 3.22. The van der Waals surface area contributed by atoms with E-state index >= 15 is 0 Å². The van der Waals surface area contributed by atoms with Crippen LogP contribution in [0.5, 0.6) is 0 Å². The molecule has 2 N–H and O–H groups in total. The van der Waals surface area contributed by atoms with E-state index in [9.17, 15) is 0 Å². The second-order valence-corrected chi connectivity index (χ2v) is 5.87. The predicted octanol–water partition coefficient (Wildman–Crippen LogP) is 4.15. The first-order valence-electron chi connectivity index (χ1n) is 5.43. The molecule has 0 aliphatic carbocycles. The van der Waals surface area contributed by atoms with Crippen molar-refractivity contribution >= 4 is 46.3 Å². The highest BCUT2D eigenvalue weighted by Crippen LogP contribution is 2.33. The Morgan fingerprint density at radius 3 is 2.53 bits per heavy atom. The summed E-state index contributed by atoms with van der Waals surface area (Å²) in [6, 6.07) is 3.95. The number of benzene rings is 1. The lowest BCUT2D eigenvalue weighted by Gasteiger charge is -2.28. The van der Waals surface area contributed by atoms with E-state index in [0.717, 1.165) is 17.9 Å². The maximum atomic E-state index is 6.02. The SMILES string of the molecule is CSCCC(C)N(C)c1cc(Cl)c(Cl)cc1N. The summed E-state index contributed by atoms with van der Waals surface area (Å²) < 4.78 is 0. The van der Waals surface area contributed by atoms with E-state index in [2.05, 4.69) is 18.1 Å². The number of nitrogens with zero attached hydrogens (tertiary/aromatic N) is 1. The Labute approximate surface area is 117 Å². The standard InChI is InChI=1S/C12H18Cl2N2S/c1-8(4-5-17-3)16(2)12-7-10(14)9(13)6-11(12)15/h6-8H,4-5,15H2,1-3H3. The van der Waals surface area contributed by atoms with Crippen LogP contribution in [0.1, 0.15) is 13.3 Å². The van der Waals surface area contributed by atoms with Gasteiger partial charge in [-0.1, -0.05) is 23.2 Å². The first-order valence-corrected chi connectivity index (χ1v) is 7.58. The lowest BCUT2D eigenvalue weighted by molar-refractivity contribution is 0.670. The first-order chi connectivity index (χ1) is 7.97. The van der Waals surface area contributed by atoms with Crippen molar-refractivity contribution in [2.75, 3.05) is 29.7 Å². The first kappa shape index (κ1) is 14.8. The van der Waals surface area contributed by atoms with Crippen molar-refractivity contribution in [2.45, 2.75) is 19.4 Å². The van der Waals surface area contributed by atoms with Gasteiger partial charge in [0.2, 0.25) is 0 Å². The maximum Gasteiger partial charge on any atom is 0.0615 e. The van der Waals surface area contributed by atoms with E-state index in [1.54, 1.807) is 6.07 Å². The third kappa shape index (κ3) is 3.87. The summed E-state index contributed by atoms with van der Waals surface area (Å²) in [4.78, 5) is 2.15. The smallest absolute Gasteiger partial charge is 0.0615 e. The fourth-order valence-corrected chi connectivity index (χ4v) is 2.48. The minimum Gasteiger partial charge on any atom is -0.397 e. The lowest BCUT2D eigenvalue weighted by atomic mass is 10.2. The molecular weight excluding hydrogens is 275 g/mol. The van der Waals surface area contributed by atoms with Crippen LogP contribution < -0.4 is 10.6 Å². The molecule has 0 aliphatic rings. The van der Waals surface area contributed by atoms with Crippen molar-refractivity contribution in [3.63, 3.8) is 0 Å². The van der Waals surface area contributed by atoms with Crippen LogP contribution >= 0.6 is 35.0 Å². The molecule has 96 valence electrons. The maximum absolute atomic E-state index is 6.02. The molecular formula is C12H18Cl2N2S. The Bertz CT molecular complexity index is 385. The molecule has 1 rings (SSSR count). The van der Waals surface area contributed by atoms with Crippen LogP contribution in [0.4, 0.5) is 11.4 Å². The summed E-state index contributed by atoms with van der Waals surface area (Å²) in [5.41, 5.74) is 7.57. The van der Waals surface area contributed by atoms with Gasteiger partial charge in [0.1, 0.15) is 0 Å². The number of nitrogens with two attached hydrogens (primary N) is 1. The fourth-order valence-electron chi connectivity index (χ4n) is 1.58. The summed E-state index contributed by atoms with van der Waals surface area (Å²) in [6.45, 7) is 2.18. The van der Waals surface area contributed by atoms with Crippen molar-refractivity contribution in [1.82, 2.24) is 0 Å². The second kappa shape index (κ2) is 6.62. The second-order valence-electron chi connectivity index (χ2n) is 4.07. The van der Waals surface area contributed by atoms with Crippen LogP contribution in [0, 0.1) is 0 Å². The van der Waals surface area contributed by atoms with Gasteiger partial charge in [-0.3, -0.25) is 0 Å². The summed E-state index contributed by atoms with van der Waals surface area (Å²) in [7, 11) is 2.03. The minimum atomic E-state index is 0.419. The molecule has 17 heavy (non-hydrogen) atoms. The number of rotatable bonds is 5. The predicted molar refractivity (Wildman–Crippen MR) is 81.7 cm³/mol. The van der Waals surface area contributed by atoms with Crippen molar-refractivity contribution in [3.05, 3.63) is 22.2 Å². The van der Waals surface area contributed by atoms with Gasteiger partial charge in [-0.25, -0.2) is 0 Å². The van der Waals surface area contributed by atoms with Gasteiger partial charge >= 0.3 is 0 Å². The molecule has 0 bridgehead atoms. The quantitative estimate of drug-likeness (QED) is 0.827. The van der Waals surface area contributed by atoms with Gasteiger partial charge in [-0.15, -0.1) is 0 Å². The number of nitrogen functional groups attached to an aromatic ring is 1. The molecule has 0 fully saturated rings. The normalized spacial score (nSPS) is 12.5. The average molecular weight is 293 g/mol. The monoisotopic (exact) mass is 292 g/mol. The van der Waals surface area contributed by atoms with Crippen LogP contribution in [-0.4, -0.2) is 25.1 Å². The zero-order valence-electron chi connectivity index (χ0n) is 10.3. The van der Waals surface area contributed by atoms with Crippen LogP contribution in [0.3, 0.4) is 0 Å². The Balaban J connectivity index is 2.88. The Morgan fingerprint density at radius 1 is 1.35 bits per heavy atom. The highest BCUT2D eigenvalue weighted by molar-refractivity contribution is 7.98. The number of anilines is 2. The molecule has 0 aliphatic heterocycles. The molecule has 0 amide bonds. The van der Waals surface area contributed by atoms with Gasteiger partial charge in [0.05, 0.1) is 21.4 Å². The number of hydrogen-bond acceptors (Lipinski definition) is 3. The molecule has 1 aromatic carbocycles. The fraction of sp³-hybridized carbons (Fsp3) is 0.500. The number of hydrogen-bond donors (Lipinski definition) is 1. The Morgan fingerprint density at radius 2 is 1.94 bits per heavy atom. The Hall–Kier alpha value is -0.250. The molecule has 1 unspecified atom stereocenters. The van der Waals surface area contributed by atoms with Gasteiger partial charge < -0.3 is 10.6 Å². The molecule has 0 radical (unpaired) electrons. The minimum absolute atomic E-state index is 0.419. The van der Waals surface area contributed by atoms with Crippen LogP contribution in [0.2, 0.25) is 10.0 Å². The zero-order chi connectivity index (χ0) is 13.0. The van der Waals surface area contributed by atoms with Crippen molar-refractivity contribution in [3.8, 4) is 0 Å². The lowest BCUT2D eigenvalue weighted by Crippen LogP contribution is -2.30. The highest BCUT2D eigenvalue weighted by atomic mass is 35.5. The molecule has 0 saturated heterocycles. The molecule has 0 saturated carbocycles. The molecule has 0 spiro atoms. The molecule has 5 heteroatoms. The summed E-state index contributed by atoms with van der Waals surface area (Å²) >= 11 is 13.8. The van der Waals surface area contributed by atoms with Gasteiger partial charge in [-0.2, -0.15) is 11.8 Å². The van der Waals surface area contributed by atoms with Gasteiger partial charge in [0.15, 0.2) is 0 Å². The van der Waals surface area contributed by atoms with E-state index in [-0.39, 0.29) is 0 Å². The van der Waals surface area contributed by atoms with E-state index in [4.69, 9.17) is 28.9 Å². The van der Waals surface area contributed by atoms with E-state index in [1.807, 2.05) is 24.9 Å². The topological polar surface area (TPSA) is 29.3 Å². The highest BCUT2D eigenvalue weighted by Gasteiger charge is 2.14. The summed E-state index contributed by atoms with van der Waals surface area (Å²) in [5.74, 6) is 1.13. The number of halogens is 2. The third-order valence-corrected chi connectivity index (χ3v) is 4.22. The van der Waals surface area contributed by atoms with Crippen LogP contribution in [0.25, 0.3) is 0 Å². The van der Waals surface area contributed by atoms with Crippen molar-refractivity contribution in [2.24, 2.45) is 0 Å². The van der Waals surface area contributed by atoms with Gasteiger partial charge in [-0.05, 0) is 37.5 Å².